The smallest absolute Gasteiger partial charge is 0.335 e. The predicted octanol–water partition coefficient (Wildman–Crippen LogP) is 4.44. The number of hydrogen-bond acceptors (Lipinski definition) is 2. The summed E-state index contributed by atoms with van der Waals surface area (Å²) >= 11 is 0. The number of amides is 1. The summed E-state index contributed by atoms with van der Waals surface area (Å²) in [6.07, 6.45) is 0.608. The van der Waals surface area contributed by atoms with Crippen LogP contribution in [0.5, 0.6) is 0 Å². The van der Waals surface area contributed by atoms with Crippen LogP contribution in [0.2, 0.25) is 0 Å². The molecule has 2 aliphatic rings. The molecule has 1 fully saturated rings. The second-order valence-electron chi connectivity index (χ2n) is 7.96. The first-order valence-electron chi connectivity index (χ1n) is 9.56. The Morgan fingerprint density at radius 3 is 2.47 bits per heavy atom. The quantitative estimate of drug-likeness (QED) is 0.675. The summed E-state index contributed by atoms with van der Waals surface area (Å²) in [5.41, 5.74) is 0.555. The molecule has 6 heteroatoms. The molecule has 1 heterocycles. The molecule has 0 aromatic heterocycles. The molecule has 1 saturated carbocycles. The van der Waals surface area contributed by atoms with Gasteiger partial charge in [0.1, 0.15) is 11.6 Å². The molecule has 0 saturated heterocycles. The van der Waals surface area contributed by atoms with Crippen LogP contribution in [0.15, 0.2) is 66.7 Å². The number of aromatic carboxylic acids is 1. The summed E-state index contributed by atoms with van der Waals surface area (Å²) in [7, 11) is 0. The number of carboxylic acid groups (broad SMARTS) is 1. The molecule has 4 nitrogen and oxygen atoms in total. The summed E-state index contributed by atoms with van der Waals surface area (Å²) < 4.78 is 28.1. The van der Waals surface area contributed by atoms with Crippen molar-refractivity contribution >= 4 is 17.6 Å². The minimum absolute atomic E-state index is 0.0791. The third kappa shape index (κ3) is 2.43. The van der Waals surface area contributed by atoms with Gasteiger partial charge in [0.25, 0.3) is 0 Å². The van der Waals surface area contributed by atoms with E-state index in [1.165, 1.54) is 30.3 Å². The highest BCUT2D eigenvalue weighted by molar-refractivity contribution is 6.11. The van der Waals surface area contributed by atoms with Gasteiger partial charge in [0.05, 0.1) is 11.0 Å². The molecule has 2 N–H and O–H groups in total. The summed E-state index contributed by atoms with van der Waals surface area (Å²) in [6, 6.07) is 16.8. The average molecular weight is 405 g/mol. The van der Waals surface area contributed by atoms with E-state index in [1.54, 1.807) is 36.4 Å². The van der Waals surface area contributed by atoms with E-state index >= 15 is 0 Å². The van der Waals surface area contributed by atoms with Gasteiger partial charge in [-0.25, -0.2) is 13.6 Å². The SMILES string of the molecule is O=C(O)c1ccc2c(c1)[C@]1(C[C@@]1(Cc1ccccc1F)c1ccc(F)cc1)C(=O)N2. The van der Waals surface area contributed by atoms with E-state index in [1.807, 2.05) is 0 Å². The van der Waals surface area contributed by atoms with Crippen molar-refractivity contribution in [3.05, 3.63) is 101 Å². The molecule has 0 bridgehead atoms. The summed E-state index contributed by atoms with van der Waals surface area (Å²) in [6.45, 7) is 0. The lowest BCUT2D eigenvalue weighted by Gasteiger charge is -2.23. The van der Waals surface area contributed by atoms with Crippen molar-refractivity contribution in [2.45, 2.75) is 23.7 Å². The average Bonchev–Trinajstić information content (AvgIpc) is 3.32. The highest BCUT2D eigenvalue weighted by atomic mass is 19.1. The molecule has 3 aromatic rings. The first-order chi connectivity index (χ1) is 14.4. The van der Waals surface area contributed by atoms with Crippen LogP contribution >= 0.6 is 0 Å². The van der Waals surface area contributed by atoms with Crippen LogP contribution in [-0.2, 0) is 22.0 Å². The topological polar surface area (TPSA) is 66.4 Å². The molecule has 1 aliphatic heterocycles. The number of fused-ring (bicyclic) bond motifs is 2. The van der Waals surface area contributed by atoms with Crippen molar-refractivity contribution in [1.29, 1.82) is 0 Å². The number of halogens is 2. The van der Waals surface area contributed by atoms with Crippen LogP contribution in [0.3, 0.4) is 0 Å². The molecule has 1 spiro atoms. The standard InChI is InChI=1S/C24H17F2NO3/c25-17-8-6-16(7-9-17)23(12-15-3-1-2-4-19(15)26)13-24(23)18-11-14(21(28)29)5-10-20(18)27-22(24)30/h1-11H,12-13H2,(H,27,30)(H,28,29)/t23-,24+/m0/s1. The first-order valence-corrected chi connectivity index (χ1v) is 9.56. The molecular weight excluding hydrogens is 388 g/mol. The fourth-order valence-electron chi connectivity index (χ4n) is 4.95. The number of carboxylic acids is 1. The minimum Gasteiger partial charge on any atom is -0.478 e. The third-order valence-electron chi connectivity index (χ3n) is 6.47. The van der Waals surface area contributed by atoms with Gasteiger partial charge in [-0.15, -0.1) is 0 Å². The zero-order valence-electron chi connectivity index (χ0n) is 15.8. The van der Waals surface area contributed by atoms with Crippen molar-refractivity contribution in [3.63, 3.8) is 0 Å². The fraction of sp³-hybridized carbons (Fsp3) is 0.167. The van der Waals surface area contributed by atoms with E-state index < -0.39 is 22.6 Å². The van der Waals surface area contributed by atoms with E-state index in [0.717, 1.165) is 5.56 Å². The Kier molecular flexibility index (Phi) is 3.84. The molecule has 2 atom stereocenters. The van der Waals surface area contributed by atoms with Crippen molar-refractivity contribution in [2.24, 2.45) is 0 Å². The van der Waals surface area contributed by atoms with Gasteiger partial charge in [-0.3, -0.25) is 4.79 Å². The van der Waals surface area contributed by atoms with Gasteiger partial charge in [-0.05, 0) is 65.9 Å². The molecular formula is C24H17F2NO3. The second-order valence-corrected chi connectivity index (χ2v) is 7.96. The summed E-state index contributed by atoms with van der Waals surface area (Å²) in [5, 5.41) is 12.3. The number of benzene rings is 3. The maximum Gasteiger partial charge on any atom is 0.335 e. The highest BCUT2D eigenvalue weighted by Gasteiger charge is 2.75. The molecule has 1 amide bonds. The lowest BCUT2D eigenvalue weighted by molar-refractivity contribution is -0.118. The van der Waals surface area contributed by atoms with Crippen LogP contribution in [-0.4, -0.2) is 17.0 Å². The van der Waals surface area contributed by atoms with Crippen LogP contribution < -0.4 is 5.32 Å². The largest absolute Gasteiger partial charge is 0.478 e. The molecule has 30 heavy (non-hydrogen) atoms. The molecule has 1 aliphatic carbocycles. The van der Waals surface area contributed by atoms with Gasteiger partial charge in [0, 0.05) is 11.1 Å². The lowest BCUT2D eigenvalue weighted by atomic mass is 9.78. The molecule has 5 rings (SSSR count). The Hall–Kier alpha value is -3.54. The molecule has 150 valence electrons. The van der Waals surface area contributed by atoms with E-state index in [2.05, 4.69) is 5.32 Å². The van der Waals surface area contributed by atoms with Gasteiger partial charge in [0.2, 0.25) is 5.91 Å². The normalized spacial score (nSPS) is 23.9. The van der Waals surface area contributed by atoms with E-state index in [-0.39, 0.29) is 23.7 Å². The van der Waals surface area contributed by atoms with Crippen LogP contribution in [0.4, 0.5) is 14.5 Å². The minimum atomic E-state index is -1.09. The first kappa shape index (κ1) is 18.5. The molecule has 0 unspecified atom stereocenters. The monoisotopic (exact) mass is 405 g/mol. The summed E-state index contributed by atoms with van der Waals surface area (Å²) in [4.78, 5) is 24.7. The summed E-state index contributed by atoms with van der Waals surface area (Å²) in [5.74, 6) is -2.12. The predicted molar refractivity (Wildman–Crippen MR) is 107 cm³/mol. The van der Waals surface area contributed by atoms with Crippen molar-refractivity contribution in [1.82, 2.24) is 0 Å². The number of carbonyl (C=O) groups excluding carboxylic acids is 1. The number of carbonyl (C=O) groups is 2. The number of nitrogens with one attached hydrogen (secondary N) is 1. The van der Waals surface area contributed by atoms with Crippen molar-refractivity contribution in [3.8, 4) is 0 Å². The second kappa shape index (κ2) is 6.23. The Morgan fingerprint density at radius 1 is 1.03 bits per heavy atom. The van der Waals surface area contributed by atoms with Crippen LogP contribution in [0.1, 0.15) is 33.5 Å². The van der Waals surface area contributed by atoms with Crippen molar-refractivity contribution in [2.75, 3.05) is 5.32 Å². The maximum atomic E-state index is 14.5. The van der Waals surface area contributed by atoms with Gasteiger partial charge in [0.15, 0.2) is 0 Å². The molecule has 3 aromatic carbocycles. The van der Waals surface area contributed by atoms with Crippen LogP contribution in [0.25, 0.3) is 0 Å². The van der Waals surface area contributed by atoms with E-state index in [0.29, 0.717) is 23.2 Å². The Bertz CT molecular complexity index is 1210. The van der Waals surface area contributed by atoms with E-state index in [9.17, 15) is 23.5 Å². The van der Waals surface area contributed by atoms with Gasteiger partial charge in [-0.2, -0.15) is 0 Å². The Balaban J connectivity index is 1.70. The van der Waals surface area contributed by atoms with Gasteiger partial charge < -0.3 is 10.4 Å². The molecule has 0 radical (unpaired) electrons. The van der Waals surface area contributed by atoms with Gasteiger partial charge in [-0.1, -0.05) is 30.3 Å². The zero-order valence-corrected chi connectivity index (χ0v) is 15.8. The number of hydrogen-bond donors (Lipinski definition) is 2. The third-order valence-corrected chi connectivity index (χ3v) is 6.47. The zero-order chi connectivity index (χ0) is 21.1. The number of rotatable bonds is 4. The van der Waals surface area contributed by atoms with Crippen molar-refractivity contribution < 1.29 is 23.5 Å². The van der Waals surface area contributed by atoms with Gasteiger partial charge >= 0.3 is 5.97 Å². The van der Waals surface area contributed by atoms with Crippen LogP contribution in [0, 0.1) is 11.6 Å². The fourth-order valence-corrected chi connectivity index (χ4v) is 4.95. The maximum absolute atomic E-state index is 14.5. The number of anilines is 1. The Labute approximate surface area is 171 Å². The lowest BCUT2D eigenvalue weighted by Crippen LogP contribution is -2.31. The Morgan fingerprint density at radius 2 is 1.77 bits per heavy atom. The highest BCUT2D eigenvalue weighted by Crippen LogP contribution is 2.70. The van der Waals surface area contributed by atoms with E-state index in [4.69, 9.17) is 0 Å².